The van der Waals surface area contributed by atoms with Crippen molar-refractivity contribution in [2.24, 2.45) is 0 Å². The van der Waals surface area contributed by atoms with Crippen LogP contribution >= 0.6 is 23.2 Å². The van der Waals surface area contributed by atoms with E-state index in [0.717, 1.165) is 17.7 Å². The summed E-state index contributed by atoms with van der Waals surface area (Å²) in [6.07, 6.45) is 2.61. The maximum Gasteiger partial charge on any atom is 0.208 e. The monoisotopic (exact) mass is 284 g/mol. The Morgan fingerprint density at radius 1 is 1.28 bits per heavy atom. The quantitative estimate of drug-likeness (QED) is 0.907. The molecule has 2 aromatic rings. The SMILES string of the molecule is CCc1cnc(CNCc2ccc(Cl)cc2Cl)o1. The molecule has 0 bridgehead atoms. The molecule has 3 nitrogen and oxygen atoms in total. The summed E-state index contributed by atoms with van der Waals surface area (Å²) in [6.45, 7) is 3.27. The fourth-order valence-corrected chi connectivity index (χ4v) is 2.04. The van der Waals surface area contributed by atoms with E-state index in [1.807, 2.05) is 19.1 Å². The zero-order chi connectivity index (χ0) is 13.0. The number of oxazole rings is 1. The van der Waals surface area contributed by atoms with Crippen LogP contribution in [0.2, 0.25) is 10.0 Å². The molecule has 0 saturated heterocycles. The lowest BCUT2D eigenvalue weighted by Gasteiger charge is -2.05. The van der Waals surface area contributed by atoms with E-state index in [-0.39, 0.29) is 0 Å². The van der Waals surface area contributed by atoms with Crippen LogP contribution in [0.15, 0.2) is 28.8 Å². The molecule has 0 fully saturated rings. The predicted molar refractivity (Wildman–Crippen MR) is 72.9 cm³/mol. The highest BCUT2D eigenvalue weighted by Gasteiger charge is 2.04. The smallest absolute Gasteiger partial charge is 0.208 e. The molecule has 0 atom stereocenters. The summed E-state index contributed by atoms with van der Waals surface area (Å²) in [5.41, 5.74) is 1.00. The fourth-order valence-electron chi connectivity index (χ4n) is 1.56. The number of nitrogens with zero attached hydrogens (tertiary/aromatic N) is 1. The van der Waals surface area contributed by atoms with Gasteiger partial charge in [-0.25, -0.2) is 4.98 Å². The van der Waals surface area contributed by atoms with Crippen LogP contribution in [-0.2, 0) is 19.5 Å². The Hall–Kier alpha value is -1.03. The van der Waals surface area contributed by atoms with Gasteiger partial charge < -0.3 is 9.73 Å². The van der Waals surface area contributed by atoms with Gasteiger partial charge >= 0.3 is 0 Å². The molecule has 0 unspecified atom stereocenters. The van der Waals surface area contributed by atoms with E-state index in [9.17, 15) is 0 Å². The second-order valence-corrected chi connectivity index (χ2v) is 4.76. The minimum absolute atomic E-state index is 0.582. The van der Waals surface area contributed by atoms with E-state index in [2.05, 4.69) is 10.3 Å². The van der Waals surface area contributed by atoms with Gasteiger partial charge in [-0.05, 0) is 17.7 Å². The molecule has 2 rings (SSSR count). The van der Waals surface area contributed by atoms with Gasteiger partial charge in [-0.1, -0.05) is 36.2 Å². The second kappa shape index (κ2) is 6.23. The molecule has 0 aliphatic heterocycles. The zero-order valence-electron chi connectivity index (χ0n) is 10.0. The van der Waals surface area contributed by atoms with Gasteiger partial charge in [0.1, 0.15) is 5.76 Å². The summed E-state index contributed by atoms with van der Waals surface area (Å²) in [5.74, 6) is 1.59. The van der Waals surface area contributed by atoms with Crippen molar-refractivity contribution >= 4 is 23.2 Å². The van der Waals surface area contributed by atoms with E-state index in [1.165, 1.54) is 0 Å². The minimum atomic E-state index is 0.582. The number of nitrogens with one attached hydrogen (secondary N) is 1. The Bertz CT molecular complexity index is 525. The molecular formula is C13H14Cl2N2O. The van der Waals surface area contributed by atoms with Crippen LogP contribution in [0.25, 0.3) is 0 Å². The molecule has 96 valence electrons. The van der Waals surface area contributed by atoms with E-state index in [0.29, 0.717) is 29.0 Å². The predicted octanol–water partition coefficient (Wildman–Crippen LogP) is 3.83. The first-order chi connectivity index (χ1) is 8.69. The standard InChI is InChI=1S/C13H14Cl2N2O/c1-2-11-7-17-13(18-11)8-16-6-9-3-4-10(14)5-12(9)15/h3-5,7,16H,2,6,8H2,1H3. The number of hydrogen-bond donors (Lipinski definition) is 1. The van der Waals surface area contributed by atoms with Gasteiger partial charge in [-0.2, -0.15) is 0 Å². The van der Waals surface area contributed by atoms with Crippen LogP contribution in [0.5, 0.6) is 0 Å². The zero-order valence-corrected chi connectivity index (χ0v) is 11.6. The number of aromatic nitrogens is 1. The molecular weight excluding hydrogens is 271 g/mol. The third-order valence-corrected chi connectivity index (χ3v) is 3.14. The van der Waals surface area contributed by atoms with Gasteiger partial charge in [-0.15, -0.1) is 0 Å². The summed E-state index contributed by atoms with van der Waals surface area (Å²) in [7, 11) is 0. The highest BCUT2D eigenvalue weighted by molar-refractivity contribution is 6.35. The average Bonchev–Trinajstić information content (AvgIpc) is 2.80. The van der Waals surface area contributed by atoms with Crippen molar-refractivity contribution in [3.05, 3.63) is 51.7 Å². The summed E-state index contributed by atoms with van der Waals surface area (Å²) in [4.78, 5) is 4.17. The van der Waals surface area contributed by atoms with E-state index >= 15 is 0 Å². The third kappa shape index (κ3) is 3.48. The number of benzene rings is 1. The molecule has 0 saturated carbocycles. The first-order valence-electron chi connectivity index (χ1n) is 5.77. The summed E-state index contributed by atoms with van der Waals surface area (Å²) in [5, 5.41) is 4.54. The molecule has 0 spiro atoms. The van der Waals surface area contributed by atoms with Gasteiger partial charge in [0, 0.05) is 23.0 Å². The molecule has 0 amide bonds. The van der Waals surface area contributed by atoms with Crippen LogP contribution in [0.4, 0.5) is 0 Å². The van der Waals surface area contributed by atoms with Crippen LogP contribution in [0, 0.1) is 0 Å². The normalized spacial score (nSPS) is 10.8. The van der Waals surface area contributed by atoms with Gasteiger partial charge in [-0.3, -0.25) is 0 Å². The minimum Gasteiger partial charge on any atom is -0.444 e. The van der Waals surface area contributed by atoms with Gasteiger partial charge in [0.05, 0.1) is 12.7 Å². The van der Waals surface area contributed by atoms with Crippen molar-refractivity contribution in [3.63, 3.8) is 0 Å². The van der Waals surface area contributed by atoms with E-state index in [1.54, 1.807) is 12.3 Å². The molecule has 18 heavy (non-hydrogen) atoms. The molecule has 5 heteroatoms. The fraction of sp³-hybridized carbons (Fsp3) is 0.308. The summed E-state index contributed by atoms with van der Waals surface area (Å²) >= 11 is 11.9. The molecule has 1 heterocycles. The number of hydrogen-bond acceptors (Lipinski definition) is 3. The van der Waals surface area contributed by atoms with Gasteiger partial charge in [0.25, 0.3) is 0 Å². The summed E-state index contributed by atoms with van der Waals surface area (Å²) < 4.78 is 5.49. The highest BCUT2D eigenvalue weighted by Crippen LogP contribution is 2.20. The van der Waals surface area contributed by atoms with Crippen molar-refractivity contribution in [3.8, 4) is 0 Å². The van der Waals surface area contributed by atoms with Crippen molar-refractivity contribution in [1.82, 2.24) is 10.3 Å². The van der Waals surface area contributed by atoms with Crippen molar-refractivity contribution < 1.29 is 4.42 Å². The van der Waals surface area contributed by atoms with Gasteiger partial charge in [0.15, 0.2) is 0 Å². The molecule has 1 N–H and O–H groups in total. The third-order valence-electron chi connectivity index (χ3n) is 2.56. The van der Waals surface area contributed by atoms with Crippen LogP contribution in [0.1, 0.15) is 24.1 Å². The summed E-state index contributed by atoms with van der Waals surface area (Å²) in [6, 6.07) is 5.47. The molecule has 0 aliphatic carbocycles. The molecule has 0 aliphatic rings. The van der Waals surface area contributed by atoms with Crippen molar-refractivity contribution in [1.29, 1.82) is 0 Å². The first kappa shape index (κ1) is 13.4. The van der Waals surface area contributed by atoms with E-state index in [4.69, 9.17) is 27.6 Å². The van der Waals surface area contributed by atoms with Crippen LogP contribution in [-0.4, -0.2) is 4.98 Å². The number of aryl methyl sites for hydroxylation is 1. The van der Waals surface area contributed by atoms with E-state index < -0.39 is 0 Å². The Labute approximate surface area is 116 Å². The Balaban J connectivity index is 1.88. The number of halogens is 2. The molecule has 0 radical (unpaired) electrons. The largest absolute Gasteiger partial charge is 0.444 e. The van der Waals surface area contributed by atoms with Crippen LogP contribution in [0.3, 0.4) is 0 Å². The lowest BCUT2D eigenvalue weighted by atomic mass is 10.2. The topological polar surface area (TPSA) is 38.1 Å². The maximum absolute atomic E-state index is 6.07. The lowest BCUT2D eigenvalue weighted by Crippen LogP contribution is -2.13. The Morgan fingerprint density at radius 2 is 2.11 bits per heavy atom. The highest BCUT2D eigenvalue weighted by atomic mass is 35.5. The van der Waals surface area contributed by atoms with Crippen molar-refractivity contribution in [2.75, 3.05) is 0 Å². The number of rotatable bonds is 5. The average molecular weight is 285 g/mol. The lowest BCUT2D eigenvalue weighted by molar-refractivity contribution is 0.439. The Morgan fingerprint density at radius 3 is 2.78 bits per heavy atom. The van der Waals surface area contributed by atoms with Crippen LogP contribution < -0.4 is 5.32 Å². The second-order valence-electron chi connectivity index (χ2n) is 3.91. The molecule has 1 aromatic carbocycles. The maximum atomic E-state index is 6.07. The Kier molecular flexibility index (Phi) is 4.64. The first-order valence-corrected chi connectivity index (χ1v) is 6.53. The molecule has 1 aromatic heterocycles. The van der Waals surface area contributed by atoms with Gasteiger partial charge in [0.2, 0.25) is 5.89 Å². The van der Waals surface area contributed by atoms with Crippen molar-refractivity contribution in [2.45, 2.75) is 26.4 Å².